The number of hydrogen-bond donors (Lipinski definition) is 1. The van der Waals surface area contributed by atoms with Gasteiger partial charge < -0.3 is 10.0 Å². The molecule has 6 heteroatoms. The first kappa shape index (κ1) is 15.2. The van der Waals surface area contributed by atoms with Gasteiger partial charge in [0.2, 0.25) is 0 Å². The molecular formula is C16H21N3O2S. The van der Waals surface area contributed by atoms with Gasteiger partial charge in [0, 0.05) is 23.3 Å². The summed E-state index contributed by atoms with van der Waals surface area (Å²) >= 11 is 1.65. The average molecular weight is 319 g/mol. The molecule has 1 aliphatic rings. The molecule has 1 N–H and O–H groups in total. The van der Waals surface area contributed by atoms with Crippen LogP contribution in [0.5, 0.6) is 0 Å². The van der Waals surface area contributed by atoms with E-state index in [-0.39, 0.29) is 12.5 Å². The number of aliphatic hydroxyl groups excluding tert-OH is 1. The van der Waals surface area contributed by atoms with Gasteiger partial charge in [-0.3, -0.25) is 9.48 Å². The number of fused-ring (bicyclic) bond motifs is 1. The molecule has 2 aromatic rings. The van der Waals surface area contributed by atoms with E-state index in [0.717, 1.165) is 37.2 Å². The van der Waals surface area contributed by atoms with Gasteiger partial charge in [0.25, 0.3) is 5.91 Å². The summed E-state index contributed by atoms with van der Waals surface area (Å²) in [6, 6.07) is 1.89. The highest BCUT2D eigenvalue weighted by molar-refractivity contribution is 7.10. The van der Waals surface area contributed by atoms with E-state index in [2.05, 4.69) is 18.9 Å². The van der Waals surface area contributed by atoms with Crippen LogP contribution < -0.4 is 0 Å². The van der Waals surface area contributed by atoms with E-state index in [4.69, 9.17) is 0 Å². The van der Waals surface area contributed by atoms with Crippen molar-refractivity contribution in [1.82, 2.24) is 14.7 Å². The van der Waals surface area contributed by atoms with Gasteiger partial charge >= 0.3 is 0 Å². The summed E-state index contributed by atoms with van der Waals surface area (Å²) in [6.45, 7) is 6.21. The van der Waals surface area contributed by atoms with E-state index in [1.807, 2.05) is 21.0 Å². The molecule has 0 bridgehead atoms. The maximum atomic E-state index is 12.9. The molecule has 22 heavy (non-hydrogen) atoms. The van der Waals surface area contributed by atoms with Gasteiger partial charge in [0.1, 0.15) is 0 Å². The Morgan fingerprint density at radius 2 is 2.27 bits per heavy atom. The first-order valence-corrected chi connectivity index (χ1v) is 8.54. The van der Waals surface area contributed by atoms with E-state index >= 15 is 0 Å². The van der Waals surface area contributed by atoms with Crippen molar-refractivity contribution >= 4 is 17.2 Å². The summed E-state index contributed by atoms with van der Waals surface area (Å²) in [5.41, 5.74) is 3.69. The van der Waals surface area contributed by atoms with Gasteiger partial charge in [-0.25, -0.2) is 0 Å². The predicted molar refractivity (Wildman–Crippen MR) is 85.9 cm³/mol. The molecule has 2 aromatic heterocycles. The number of amides is 1. The minimum atomic E-state index is -0.0579. The smallest absolute Gasteiger partial charge is 0.255 e. The number of nitrogens with zero attached hydrogens (tertiary/aromatic N) is 3. The Morgan fingerprint density at radius 3 is 3.00 bits per heavy atom. The monoisotopic (exact) mass is 319 g/mol. The standard InChI is InChI=1S/C16H21N3O2S/c1-3-14-11(2)22-10-15(14)16(21)18-5-4-6-19-13(8-18)7-12(9-20)17-19/h7,10,20H,3-6,8-9H2,1-2H3. The van der Waals surface area contributed by atoms with Crippen LogP contribution in [0.2, 0.25) is 0 Å². The summed E-state index contributed by atoms with van der Waals surface area (Å²) in [5, 5.41) is 15.6. The van der Waals surface area contributed by atoms with E-state index < -0.39 is 0 Å². The zero-order valence-corrected chi connectivity index (χ0v) is 13.8. The number of aromatic nitrogens is 2. The third-order valence-electron chi connectivity index (χ3n) is 4.20. The van der Waals surface area contributed by atoms with Crippen molar-refractivity contribution in [2.24, 2.45) is 0 Å². The van der Waals surface area contributed by atoms with Crippen LogP contribution in [0.1, 0.15) is 45.5 Å². The van der Waals surface area contributed by atoms with Crippen LogP contribution in [0.15, 0.2) is 11.4 Å². The topological polar surface area (TPSA) is 58.4 Å². The van der Waals surface area contributed by atoms with E-state index in [1.165, 1.54) is 10.4 Å². The third-order valence-corrected chi connectivity index (χ3v) is 5.16. The lowest BCUT2D eigenvalue weighted by atomic mass is 10.1. The van der Waals surface area contributed by atoms with Crippen LogP contribution in [0.25, 0.3) is 0 Å². The average Bonchev–Trinajstić information content (AvgIpc) is 3.03. The zero-order chi connectivity index (χ0) is 15.7. The number of thiophene rings is 1. The zero-order valence-electron chi connectivity index (χ0n) is 13.0. The molecule has 0 aliphatic carbocycles. The maximum absolute atomic E-state index is 12.9. The highest BCUT2D eigenvalue weighted by Gasteiger charge is 2.24. The summed E-state index contributed by atoms with van der Waals surface area (Å²) in [7, 11) is 0. The second kappa shape index (κ2) is 6.22. The van der Waals surface area contributed by atoms with Crippen molar-refractivity contribution in [3.63, 3.8) is 0 Å². The number of aliphatic hydroxyl groups is 1. The van der Waals surface area contributed by atoms with Crippen LogP contribution in [0.3, 0.4) is 0 Å². The largest absolute Gasteiger partial charge is 0.390 e. The molecule has 1 aliphatic heterocycles. The van der Waals surface area contributed by atoms with Crippen LogP contribution in [-0.2, 0) is 26.1 Å². The molecule has 0 spiro atoms. The van der Waals surface area contributed by atoms with Crippen molar-refractivity contribution < 1.29 is 9.90 Å². The van der Waals surface area contributed by atoms with Crippen LogP contribution in [-0.4, -0.2) is 32.2 Å². The number of rotatable bonds is 3. The lowest BCUT2D eigenvalue weighted by Gasteiger charge is -2.20. The molecule has 0 atom stereocenters. The molecule has 0 saturated carbocycles. The summed E-state index contributed by atoms with van der Waals surface area (Å²) in [4.78, 5) is 16.0. The Balaban J connectivity index is 1.86. The Hall–Kier alpha value is -1.66. The summed E-state index contributed by atoms with van der Waals surface area (Å²) < 4.78 is 1.92. The molecular weight excluding hydrogens is 298 g/mol. The van der Waals surface area contributed by atoms with E-state index in [0.29, 0.717) is 12.2 Å². The number of carbonyl (C=O) groups excluding carboxylic acids is 1. The minimum Gasteiger partial charge on any atom is -0.390 e. The lowest BCUT2D eigenvalue weighted by molar-refractivity contribution is 0.0745. The Morgan fingerprint density at radius 1 is 1.45 bits per heavy atom. The van der Waals surface area contributed by atoms with Crippen molar-refractivity contribution in [3.8, 4) is 0 Å². The predicted octanol–water partition coefficient (Wildman–Crippen LogP) is 2.35. The van der Waals surface area contributed by atoms with Crippen molar-refractivity contribution in [2.75, 3.05) is 6.54 Å². The summed E-state index contributed by atoms with van der Waals surface area (Å²) in [5.74, 6) is 0.112. The van der Waals surface area contributed by atoms with Gasteiger partial charge in [-0.1, -0.05) is 6.92 Å². The normalized spacial score (nSPS) is 14.8. The fraction of sp³-hybridized carbons (Fsp3) is 0.500. The fourth-order valence-electron chi connectivity index (χ4n) is 3.04. The molecule has 0 fully saturated rings. The molecule has 1 amide bonds. The lowest BCUT2D eigenvalue weighted by Crippen LogP contribution is -2.31. The molecule has 3 rings (SSSR count). The van der Waals surface area contributed by atoms with E-state index in [9.17, 15) is 9.90 Å². The maximum Gasteiger partial charge on any atom is 0.255 e. The van der Waals surface area contributed by atoms with Gasteiger partial charge in [-0.15, -0.1) is 11.3 Å². The number of aryl methyl sites for hydroxylation is 2. The molecule has 0 saturated heterocycles. The Kier molecular flexibility index (Phi) is 4.31. The van der Waals surface area contributed by atoms with E-state index in [1.54, 1.807) is 11.3 Å². The van der Waals surface area contributed by atoms with Gasteiger partial charge in [-0.05, 0) is 31.4 Å². The number of hydrogen-bond acceptors (Lipinski definition) is 4. The quantitative estimate of drug-likeness (QED) is 0.945. The minimum absolute atomic E-state index is 0.0579. The number of carbonyl (C=O) groups is 1. The van der Waals surface area contributed by atoms with Gasteiger partial charge in [-0.2, -0.15) is 5.10 Å². The van der Waals surface area contributed by atoms with Crippen LogP contribution >= 0.6 is 11.3 Å². The molecule has 0 aromatic carbocycles. The van der Waals surface area contributed by atoms with Crippen LogP contribution in [0.4, 0.5) is 0 Å². The molecule has 0 radical (unpaired) electrons. The van der Waals surface area contributed by atoms with Gasteiger partial charge in [0.15, 0.2) is 0 Å². The second-order valence-corrected chi connectivity index (χ2v) is 6.71. The second-order valence-electron chi connectivity index (χ2n) is 5.63. The molecule has 118 valence electrons. The van der Waals surface area contributed by atoms with Crippen molar-refractivity contribution in [1.29, 1.82) is 0 Å². The Labute approximate surface area is 134 Å². The van der Waals surface area contributed by atoms with Gasteiger partial charge in [0.05, 0.1) is 30.1 Å². The van der Waals surface area contributed by atoms with Crippen LogP contribution in [0, 0.1) is 6.92 Å². The Bertz CT molecular complexity index is 690. The third kappa shape index (κ3) is 2.68. The SMILES string of the molecule is CCc1c(C(=O)N2CCCn3nc(CO)cc3C2)csc1C. The first-order chi connectivity index (χ1) is 10.6. The fourth-order valence-corrected chi connectivity index (χ4v) is 3.98. The highest BCUT2D eigenvalue weighted by Crippen LogP contribution is 2.25. The van der Waals surface area contributed by atoms with Crippen molar-refractivity contribution in [2.45, 2.75) is 46.4 Å². The molecule has 5 nitrogen and oxygen atoms in total. The first-order valence-electron chi connectivity index (χ1n) is 7.66. The van der Waals surface area contributed by atoms with Crippen molar-refractivity contribution in [3.05, 3.63) is 38.8 Å². The highest BCUT2D eigenvalue weighted by atomic mass is 32.1. The molecule has 0 unspecified atom stereocenters. The molecule has 3 heterocycles. The summed E-state index contributed by atoms with van der Waals surface area (Å²) in [6.07, 6.45) is 1.77.